The highest BCUT2D eigenvalue weighted by Gasteiger charge is 2.20. The number of nitrogens with zero attached hydrogens (tertiary/aromatic N) is 6. The van der Waals surface area contributed by atoms with E-state index in [1.54, 1.807) is 12.4 Å². The van der Waals surface area contributed by atoms with Gasteiger partial charge in [0.1, 0.15) is 11.5 Å². The summed E-state index contributed by atoms with van der Waals surface area (Å²) in [5.41, 5.74) is 2.55. The number of hydrogen-bond donors (Lipinski definition) is 1. The molecule has 0 bridgehead atoms. The van der Waals surface area contributed by atoms with Gasteiger partial charge in [0.25, 0.3) is 0 Å². The summed E-state index contributed by atoms with van der Waals surface area (Å²) < 4.78 is 0. The van der Waals surface area contributed by atoms with E-state index in [9.17, 15) is 0 Å². The maximum absolute atomic E-state index is 9.14. The molecule has 0 atom stereocenters. The van der Waals surface area contributed by atoms with Crippen LogP contribution in [0.4, 0.5) is 5.82 Å². The molecule has 0 radical (unpaired) electrons. The molecule has 1 N–H and O–H groups in total. The molecule has 7 heteroatoms. The van der Waals surface area contributed by atoms with Crippen LogP contribution in [-0.2, 0) is 0 Å². The fraction of sp³-hybridized carbons (Fsp3) is 0.300. The van der Waals surface area contributed by atoms with Gasteiger partial charge in [-0.05, 0) is 24.3 Å². The molecule has 1 fully saturated rings. The van der Waals surface area contributed by atoms with Gasteiger partial charge in [0.05, 0.1) is 12.3 Å². The van der Waals surface area contributed by atoms with Gasteiger partial charge in [-0.15, -0.1) is 0 Å². The molecule has 27 heavy (non-hydrogen) atoms. The number of aliphatic hydroxyl groups is 1. The van der Waals surface area contributed by atoms with Gasteiger partial charge in [-0.1, -0.05) is 6.07 Å². The topological polar surface area (TPSA) is 78.3 Å². The Hall–Kier alpha value is -2.90. The van der Waals surface area contributed by atoms with Crippen LogP contribution < -0.4 is 4.90 Å². The minimum absolute atomic E-state index is 0.197. The number of piperazine rings is 1. The molecule has 3 aromatic rings. The molecule has 3 aromatic heterocycles. The standard InChI is InChI=1S/C20H22N6O/c27-13-12-25-8-10-26(11-9-25)19-14-18(16-4-3-6-21-15-16)23-20(24-19)17-5-1-2-7-22-17/h1-7,14-15,27H,8-13H2. The maximum atomic E-state index is 9.14. The number of β-amino-alcohol motifs (C(OH)–C–C–N with tert-alkyl or cyclic N) is 1. The van der Waals surface area contributed by atoms with Gasteiger partial charge in [-0.2, -0.15) is 0 Å². The monoisotopic (exact) mass is 362 g/mol. The summed E-state index contributed by atoms with van der Waals surface area (Å²) in [6, 6.07) is 11.7. The van der Waals surface area contributed by atoms with Gasteiger partial charge in [-0.3, -0.25) is 14.9 Å². The van der Waals surface area contributed by atoms with E-state index in [1.807, 2.05) is 42.6 Å². The molecule has 1 aliphatic rings. The number of pyridine rings is 2. The average molecular weight is 362 g/mol. The normalized spacial score (nSPS) is 15.1. The Balaban J connectivity index is 1.69. The lowest BCUT2D eigenvalue weighted by Gasteiger charge is -2.35. The molecule has 0 aromatic carbocycles. The van der Waals surface area contributed by atoms with Crippen molar-refractivity contribution >= 4 is 5.82 Å². The van der Waals surface area contributed by atoms with E-state index in [4.69, 9.17) is 15.1 Å². The SMILES string of the molecule is OCCN1CCN(c2cc(-c3cccnc3)nc(-c3ccccn3)n2)CC1. The van der Waals surface area contributed by atoms with E-state index < -0.39 is 0 Å². The second-order valence-electron chi connectivity index (χ2n) is 6.44. The molecule has 138 valence electrons. The third kappa shape index (κ3) is 4.10. The predicted molar refractivity (Wildman–Crippen MR) is 104 cm³/mol. The zero-order valence-electron chi connectivity index (χ0n) is 15.1. The summed E-state index contributed by atoms with van der Waals surface area (Å²) >= 11 is 0. The second-order valence-corrected chi connectivity index (χ2v) is 6.44. The largest absolute Gasteiger partial charge is 0.395 e. The Morgan fingerprint density at radius 2 is 1.81 bits per heavy atom. The van der Waals surface area contributed by atoms with Crippen molar-refractivity contribution in [3.05, 3.63) is 55.0 Å². The lowest BCUT2D eigenvalue weighted by atomic mass is 10.2. The highest BCUT2D eigenvalue weighted by atomic mass is 16.3. The van der Waals surface area contributed by atoms with Gasteiger partial charge in [0, 0.05) is 62.9 Å². The molecule has 0 aliphatic carbocycles. The van der Waals surface area contributed by atoms with Crippen LogP contribution in [-0.4, -0.2) is 69.3 Å². The van der Waals surface area contributed by atoms with Gasteiger partial charge in [0.2, 0.25) is 0 Å². The minimum atomic E-state index is 0.197. The van der Waals surface area contributed by atoms with Crippen LogP contribution in [0.5, 0.6) is 0 Å². The van der Waals surface area contributed by atoms with Gasteiger partial charge in [0.15, 0.2) is 5.82 Å². The van der Waals surface area contributed by atoms with E-state index in [0.29, 0.717) is 5.82 Å². The van der Waals surface area contributed by atoms with Crippen LogP contribution in [0.3, 0.4) is 0 Å². The van der Waals surface area contributed by atoms with Crippen LogP contribution in [0.2, 0.25) is 0 Å². The number of hydrogen-bond acceptors (Lipinski definition) is 7. The molecule has 1 saturated heterocycles. The quantitative estimate of drug-likeness (QED) is 0.740. The first-order valence-electron chi connectivity index (χ1n) is 9.12. The molecule has 1 aliphatic heterocycles. The molecule has 4 rings (SSSR count). The molecular formula is C20H22N6O. The summed E-state index contributed by atoms with van der Waals surface area (Å²) in [6.07, 6.45) is 5.32. The van der Waals surface area contributed by atoms with Crippen LogP contribution in [0.25, 0.3) is 22.8 Å². The Labute approximate surface area is 158 Å². The smallest absolute Gasteiger partial charge is 0.180 e. The maximum Gasteiger partial charge on any atom is 0.180 e. The van der Waals surface area contributed by atoms with E-state index in [1.165, 1.54) is 0 Å². The van der Waals surface area contributed by atoms with Crippen molar-refractivity contribution < 1.29 is 5.11 Å². The summed E-state index contributed by atoms with van der Waals surface area (Å²) in [6.45, 7) is 4.47. The van der Waals surface area contributed by atoms with Gasteiger partial charge >= 0.3 is 0 Å². The average Bonchev–Trinajstić information content (AvgIpc) is 2.75. The number of rotatable bonds is 5. The summed E-state index contributed by atoms with van der Waals surface area (Å²) in [4.78, 5) is 22.7. The van der Waals surface area contributed by atoms with Crippen LogP contribution in [0, 0.1) is 0 Å². The van der Waals surface area contributed by atoms with Crippen molar-refractivity contribution in [1.82, 2.24) is 24.8 Å². The summed E-state index contributed by atoms with van der Waals surface area (Å²) in [7, 11) is 0. The third-order valence-electron chi connectivity index (χ3n) is 4.68. The van der Waals surface area contributed by atoms with Crippen molar-refractivity contribution in [1.29, 1.82) is 0 Å². The Morgan fingerprint density at radius 3 is 2.52 bits per heavy atom. The molecule has 0 spiro atoms. The van der Waals surface area contributed by atoms with Crippen molar-refractivity contribution in [2.45, 2.75) is 0 Å². The zero-order chi connectivity index (χ0) is 18.5. The Bertz CT molecular complexity index is 808. The lowest BCUT2D eigenvalue weighted by Crippen LogP contribution is -2.47. The fourth-order valence-corrected chi connectivity index (χ4v) is 3.21. The zero-order valence-corrected chi connectivity index (χ0v) is 15.1. The van der Waals surface area contributed by atoms with E-state index >= 15 is 0 Å². The highest BCUT2D eigenvalue weighted by Crippen LogP contribution is 2.25. The predicted octanol–water partition coefficient (Wildman–Crippen LogP) is 1.71. The molecule has 7 nitrogen and oxygen atoms in total. The van der Waals surface area contributed by atoms with Crippen molar-refractivity contribution in [2.24, 2.45) is 0 Å². The summed E-state index contributed by atoms with van der Waals surface area (Å²) in [5, 5.41) is 9.14. The molecular weight excluding hydrogens is 340 g/mol. The number of aromatic nitrogens is 4. The summed E-state index contributed by atoms with van der Waals surface area (Å²) in [5.74, 6) is 1.51. The van der Waals surface area contributed by atoms with Crippen molar-refractivity contribution in [3.63, 3.8) is 0 Å². The van der Waals surface area contributed by atoms with E-state index in [2.05, 4.69) is 19.8 Å². The van der Waals surface area contributed by atoms with Crippen LogP contribution in [0.1, 0.15) is 0 Å². The van der Waals surface area contributed by atoms with Crippen molar-refractivity contribution in [3.8, 4) is 22.8 Å². The minimum Gasteiger partial charge on any atom is -0.395 e. The first-order chi connectivity index (χ1) is 13.3. The first kappa shape index (κ1) is 17.5. The van der Waals surface area contributed by atoms with Gasteiger partial charge < -0.3 is 10.0 Å². The highest BCUT2D eigenvalue weighted by molar-refractivity contribution is 5.66. The first-order valence-corrected chi connectivity index (χ1v) is 9.12. The fourth-order valence-electron chi connectivity index (χ4n) is 3.21. The second kappa shape index (κ2) is 8.20. The van der Waals surface area contributed by atoms with Crippen molar-refractivity contribution in [2.75, 3.05) is 44.2 Å². The molecule has 0 unspecified atom stereocenters. The van der Waals surface area contributed by atoms with Crippen LogP contribution in [0.15, 0.2) is 55.0 Å². The van der Waals surface area contributed by atoms with Crippen LogP contribution >= 0.6 is 0 Å². The molecule has 0 amide bonds. The Kier molecular flexibility index (Phi) is 5.32. The van der Waals surface area contributed by atoms with E-state index in [-0.39, 0.29) is 6.61 Å². The van der Waals surface area contributed by atoms with Gasteiger partial charge in [-0.25, -0.2) is 9.97 Å². The number of anilines is 1. The third-order valence-corrected chi connectivity index (χ3v) is 4.68. The molecule has 0 saturated carbocycles. The number of aliphatic hydroxyl groups excluding tert-OH is 1. The Morgan fingerprint density at radius 1 is 0.926 bits per heavy atom. The van der Waals surface area contributed by atoms with E-state index in [0.717, 1.165) is 55.5 Å². The lowest BCUT2D eigenvalue weighted by molar-refractivity contribution is 0.188. The molecule has 4 heterocycles.